The molecule has 94 valence electrons. The second kappa shape index (κ2) is 5.37. The summed E-state index contributed by atoms with van der Waals surface area (Å²) in [6.07, 6.45) is 0.687. The number of halogens is 1. The number of alkyl halides is 1. The Morgan fingerprint density at radius 3 is 2.75 bits per heavy atom. The van der Waals surface area contributed by atoms with E-state index in [0.29, 0.717) is 18.9 Å². The van der Waals surface area contributed by atoms with E-state index in [1.807, 2.05) is 11.8 Å². The number of nitrogens with zero attached hydrogens (tertiary/aromatic N) is 1. The highest BCUT2D eigenvalue weighted by Crippen LogP contribution is 2.35. The van der Waals surface area contributed by atoms with E-state index < -0.39 is 0 Å². The van der Waals surface area contributed by atoms with Gasteiger partial charge in [-0.15, -0.1) is 11.6 Å². The molecule has 0 bridgehead atoms. The molecular formula is C12H22ClNO2. The van der Waals surface area contributed by atoms with Crippen LogP contribution in [0.4, 0.5) is 0 Å². The minimum Gasteiger partial charge on any atom is -0.384 e. The van der Waals surface area contributed by atoms with E-state index in [1.165, 1.54) is 0 Å². The van der Waals surface area contributed by atoms with E-state index in [2.05, 4.69) is 13.8 Å². The van der Waals surface area contributed by atoms with Gasteiger partial charge < -0.3 is 9.64 Å². The molecule has 0 unspecified atom stereocenters. The first-order chi connectivity index (χ1) is 7.42. The third-order valence-electron chi connectivity index (χ3n) is 3.45. The Hall–Kier alpha value is -0.280. The average Bonchev–Trinajstić information content (AvgIpc) is 2.53. The second-order valence-corrected chi connectivity index (χ2v) is 5.76. The van der Waals surface area contributed by atoms with Crippen molar-refractivity contribution in [2.45, 2.75) is 32.6 Å². The molecule has 1 saturated heterocycles. The molecule has 1 aliphatic heterocycles. The van der Waals surface area contributed by atoms with Crippen LogP contribution in [0.2, 0.25) is 0 Å². The first kappa shape index (κ1) is 13.8. The number of hydrogen-bond acceptors (Lipinski definition) is 2. The summed E-state index contributed by atoms with van der Waals surface area (Å²) < 4.78 is 5.21. The summed E-state index contributed by atoms with van der Waals surface area (Å²) >= 11 is 5.99. The number of methoxy groups -OCH3 is 1. The summed E-state index contributed by atoms with van der Waals surface area (Å²) in [7, 11) is 1.71. The molecule has 1 fully saturated rings. The summed E-state index contributed by atoms with van der Waals surface area (Å²) in [5.74, 6) is 0.470. The lowest BCUT2D eigenvalue weighted by Crippen LogP contribution is -2.35. The number of amides is 1. The predicted octanol–water partition coefficient (Wildman–Crippen LogP) is 2.13. The molecule has 0 saturated carbocycles. The Morgan fingerprint density at radius 1 is 1.62 bits per heavy atom. The summed E-state index contributed by atoms with van der Waals surface area (Å²) in [6.45, 7) is 8.55. The van der Waals surface area contributed by atoms with Gasteiger partial charge in [0, 0.05) is 26.1 Å². The summed E-state index contributed by atoms with van der Waals surface area (Å²) in [6, 6.07) is 0. The van der Waals surface area contributed by atoms with Crippen molar-refractivity contribution in [3.05, 3.63) is 0 Å². The van der Waals surface area contributed by atoms with Gasteiger partial charge in [0.15, 0.2) is 0 Å². The predicted molar refractivity (Wildman–Crippen MR) is 65.7 cm³/mol. The third kappa shape index (κ3) is 2.89. The maximum atomic E-state index is 12.0. The van der Waals surface area contributed by atoms with Crippen LogP contribution in [-0.2, 0) is 9.53 Å². The molecule has 1 rings (SSSR count). The first-order valence-corrected chi connectivity index (χ1v) is 6.27. The zero-order valence-electron chi connectivity index (χ0n) is 10.6. The van der Waals surface area contributed by atoms with Gasteiger partial charge in [0.1, 0.15) is 5.38 Å². The number of likely N-dealkylation sites (tertiary alicyclic amines) is 1. The normalized spacial score (nSPS) is 25.8. The molecule has 1 amide bonds. The maximum Gasteiger partial charge on any atom is 0.240 e. The SMILES string of the molecule is CC[C@@H](Cl)C(=O)N1C[C@H](COC)C(C)(C)C1. The van der Waals surface area contributed by atoms with E-state index in [1.54, 1.807) is 7.11 Å². The van der Waals surface area contributed by atoms with Gasteiger partial charge in [-0.25, -0.2) is 0 Å². The molecule has 0 spiro atoms. The van der Waals surface area contributed by atoms with Gasteiger partial charge in [0.2, 0.25) is 5.91 Å². The molecule has 0 N–H and O–H groups in total. The standard InChI is InChI=1S/C12H22ClNO2/c1-5-10(13)11(15)14-6-9(7-16-4)12(2,3)8-14/h9-10H,5-8H2,1-4H3/t9-,10-/m1/s1. The average molecular weight is 248 g/mol. The van der Waals surface area contributed by atoms with Gasteiger partial charge >= 0.3 is 0 Å². The number of carbonyl (C=O) groups is 1. The highest BCUT2D eigenvalue weighted by Gasteiger charge is 2.41. The lowest BCUT2D eigenvalue weighted by molar-refractivity contribution is -0.130. The smallest absolute Gasteiger partial charge is 0.240 e. The van der Waals surface area contributed by atoms with E-state index in [4.69, 9.17) is 16.3 Å². The van der Waals surface area contributed by atoms with Gasteiger partial charge in [-0.1, -0.05) is 20.8 Å². The van der Waals surface area contributed by atoms with Crippen LogP contribution in [0.3, 0.4) is 0 Å². The van der Waals surface area contributed by atoms with Gasteiger partial charge in [0.05, 0.1) is 6.61 Å². The number of ether oxygens (including phenoxy) is 1. The molecule has 1 heterocycles. The lowest BCUT2D eigenvalue weighted by Gasteiger charge is -2.24. The highest BCUT2D eigenvalue weighted by atomic mass is 35.5. The van der Waals surface area contributed by atoms with E-state index >= 15 is 0 Å². The van der Waals surface area contributed by atoms with Crippen molar-refractivity contribution >= 4 is 17.5 Å². The van der Waals surface area contributed by atoms with Crippen LogP contribution in [0.25, 0.3) is 0 Å². The molecule has 0 radical (unpaired) electrons. The first-order valence-electron chi connectivity index (χ1n) is 5.84. The van der Waals surface area contributed by atoms with E-state index in [0.717, 1.165) is 13.1 Å². The summed E-state index contributed by atoms with van der Waals surface area (Å²) in [4.78, 5) is 13.8. The number of hydrogen-bond donors (Lipinski definition) is 0. The van der Waals surface area contributed by atoms with Crippen molar-refractivity contribution in [1.82, 2.24) is 4.90 Å². The molecular weight excluding hydrogens is 226 g/mol. The summed E-state index contributed by atoms with van der Waals surface area (Å²) in [5.41, 5.74) is 0.121. The molecule has 0 aromatic heterocycles. The largest absolute Gasteiger partial charge is 0.384 e. The molecule has 0 aromatic carbocycles. The molecule has 3 nitrogen and oxygen atoms in total. The van der Waals surface area contributed by atoms with Crippen molar-refractivity contribution in [2.75, 3.05) is 26.8 Å². The van der Waals surface area contributed by atoms with Crippen molar-refractivity contribution in [1.29, 1.82) is 0 Å². The minimum atomic E-state index is -0.378. The van der Waals surface area contributed by atoms with Crippen LogP contribution in [0.1, 0.15) is 27.2 Å². The fourth-order valence-electron chi connectivity index (χ4n) is 2.22. The van der Waals surface area contributed by atoms with Crippen LogP contribution < -0.4 is 0 Å². The second-order valence-electron chi connectivity index (χ2n) is 5.24. The van der Waals surface area contributed by atoms with Crippen LogP contribution in [0, 0.1) is 11.3 Å². The monoisotopic (exact) mass is 247 g/mol. The van der Waals surface area contributed by atoms with Crippen molar-refractivity contribution < 1.29 is 9.53 Å². The van der Waals surface area contributed by atoms with Crippen LogP contribution in [-0.4, -0.2) is 43.0 Å². The zero-order chi connectivity index (χ0) is 12.3. The molecule has 0 aliphatic carbocycles. The third-order valence-corrected chi connectivity index (χ3v) is 3.95. The zero-order valence-corrected chi connectivity index (χ0v) is 11.4. The fourth-order valence-corrected chi connectivity index (χ4v) is 2.36. The van der Waals surface area contributed by atoms with Crippen LogP contribution in [0.5, 0.6) is 0 Å². The van der Waals surface area contributed by atoms with E-state index in [9.17, 15) is 4.79 Å². The maximum absolute atomic E-state index is 12.0. The summed E-state index contributed by atoms with van der Waals surface area (Å²) in [5, 5.41) is -0.378. The van der Waals surface area contributed by atoms with Crippen molar-refractivity contribution in [3.63, 3.8) is 0 Å². The van der Waals surface area contributed by atoms with Gasteiger partial charge in [-0.05, 0) is 11.8 Å². The molecule has 2 atom stereocenters. The Bertz CT molecular complexity index is 255. The molecule has 16 heavy (non-hydrogen) atoms. The van der Waals surface area contributed by atoms with Gasteiger partial charge in [-0.2, -0.15) is 0 Å². The number of carbonyl (C=O) groups excluding carboxylic acids is 1. The lowest BCUT2D eigenvalue weighted by atomic mass is 9.83. The van der Waals surface area contributed by atoms with Crippen LogP contribution in [0.15, 0.2) is 0 Å². The molecule has 0 aromatic rings. The topological polar surface area (TPSA) is 29.5 Å². The van der Waals surface area contributed by atoms with E-state index in [-0.39, 0.29) is 16.7 Å². The minimum absolute atomic E-state index is 0.0656. The Balaban J connectivity index is 2.64. The Labute approximate surface area is 103 Å². The highest BCUT2D eigenvalue weighted by molar-refractivity contribution is 6.30. The fraction of sp³-hybridized carbons (Fsp3) is 0.917. The van der Waals surface area contributed by atoms with Gasteiger partial charge in [-0.3, -0.25) is 4.79 Å². The van der Waals surface area contributed by atoms with Gasteiger partial charge in [0.25, 0.3) is 0 Å². The molecule has 1 aliphatic rings. The quantitative estimate of drug-likeness (QED) is 0.713. The van der Waals surface area contributed by atoms with Crippen LogP contribution >= 0.6 is 11.6 Å². The van der Waals surface area contributed by atoms with Crippen molar-refractivity contribution in [3.8, 4) is 0 Å². The Morgan fingerprint density at radius 2 is 2.25 bits per heavy atom. The number of rotatable bonds is 4. The van der Waals surface area contributed by atoms with Crippen molar-refractivity contribution in [2.24, 2.45) is 11.3 Å². The molecule has 4 heteroatoms. The Kier molecular flexibility index (Phi) is 4.62.